The fourth-order valence-electron chi connectivity index (χ4n) is 7.77. The van der Waals surface area contributed by atoms with E-state index in [0.29, 0.717) is 17.5 Å². The van der Waals surface area contributed by atoms with Gasteiger partial charge in [-0.2, -0.15) is 0 Å². The van der Waals surface area contributed by atoms with Gasteiger partial charge in [0.2, 0.25) is 0 Å². The predicted octanol–water partition coefficient (Wildman–Crippen LogP) is 12.6. The van der Waals surface area contributed by atoms with Gasteiger partial charge >= 0.3 is 0 Å². The molecule has 0 bridgehead atoms. The maximum absolute atomic E-state index is 5.26. The third-order valence-corrected chi connectivity index (χ3v) is 13.1. The van der Waals surface area contributed by atoms with Crippen molar-refractivity contribution in [2.75, 3.05) is 0 Å². The van der Waals surface area contributed by atoms with Crippen LogP contribution in [-0.4, -0.2) is 30.2 Å². The number of thioether (sulfide) groups is 1. The minimum absolute atomic E-state index is 0.183. The van der Waals surface area contributed by atoms with Gasteiger partial charge < -0.3 is 0 Å². The van der Waals surface area contributed by atoms with E-state index in [-0.39, 0.29) is 11.2 Å². The van der Waals surface area contributed by atoms with E-state index < -0.39 is 0 Å². The van der Waals surface area contributed by atoms with Gasteiger partial charge in [0.15, 0.2) is 23.3 Å². The standard InChI is InChI=1S/C49H31N5S2/c1-4-14-30(15-5-1)33-20-12-21-35(28-33)48-52-47(32-18-8-3-9-19-32)53-49(54-48)39-24-13-23-37-36-27-26-34(29-41(36)56-44(37)39)42-45-43(38-22-10-11-25-40(38)55-45)51-46(50-42)31-16-6-2-7-17-31/h1-29,36,41H. The molecular weight excluding hydrogens is 723 g/mol. The van der Waals surface area contributed by atoms with Crippen molar-refractivity contribution in [3.05, 3.63) is 187 Å². The number of hydrogen-bond acceptors (Lipinski definition) is 7. The molecule has 1 aliphatic heterocycles. The van der Waals surface area contributed by atoms with Gasteiger partial charge in [0.25, 0.3) is 0 Å². The van der Waals surface area contributed by atoms with E-state index in [1.54, 1.807) is 11.3 Å². The summed E-state index contributed by atoms with van der Waals surface area (Å²) in [5, 5.41) is 1.35. The number of allylic oxidation sites excluding steroid dienone is 3. The molecule has 0 N–H and O–H groups in total. The van der Waals surface area contributed by atoms with Crippen LogP contribution in [0.25, 0.3) is 82.6 Å². The average Bonchev–Trinajstić information content (AvgIpc) is 3.85. The van der Waals surface area contributed by atoms with Crippen LogP contribution in [-0.2, 0) is 0 Å². The maximum atomic E-state index is 5.26. The van der Waals surface area contributed by atoms with E-state index in [1.165, 1.54) is 15.2 Å². The Morgan fingerprint density at radius 3 is 1.86 bits per heavy atom. The third kappa shape index (κ3) is 5.75. The number of nitrogens with zero attached hydrogens (tertiary/aromatic N) is 5. The number of hydrogen-bond donors (Lipinski definition) is 0. The SMILES string of the molecule is C1=CC2c3cccc(-c4nc(-c5ccccc5)nc(-c5cccc(-c6ccccc6)c5)n4)c3SC2C=C1c1nc(-c2ccccc2)nc2c1sc1ccccc12. The molecule has 7 heteroatoms. The molecule has 2 unspecified atom stereocenters. The van der Waals surface area contributed by atoms with Crippen LogP contribution in [0.2, 0.25) is 0 Å². The topological polar surface area (TPSA) is 64.5 Å². The highest BCUT2D eigenvalue weighted by Gasteiger charge is 2.35. The normalized spacial score (nSPS) is 15.8. The second-order valence-corrected chi connectivity index (χ2v) is 16.2. The number of fused-ring (bicyclic) bond motifs is 6. The van der Waals surface area contributed by atoms with Crippen LogP contribution in [0, 0.1) is 0 Å². The number of thiophene rings is 1. The summed E-state index contributed by atoms with van der Waals surface area (Å²) in [5.74, 6) is 2.93. The van der Waals surface area contributed by atoms with Gasteiger partial charge in [-0.3, -0.25) is 0 Å². The maximum Gasteiger partial charge on any atom is 0.165 e. The van der Waals surface area contributed by atoms with Crippen LogP contribution in [0.15, 0.2) is 181 Å². The van der Waals surface area contributed by atoms with Crippen LogP contribution in [0.4, 0.5) is 0 Å². The molecule has 2 aliphatic rings. The van der Waals surface area contributed by atoms with Crippen molar-refractivity contribution in [1.29, 1.82) is 0 Å². The molecule has 0 saturated heterocycles. The van der Waals surface area contributed by atoms with E-state index in [0.717, 1.165) is 66.1 Å². The predicted molar refractivity (Wildman–Crippen MR) is 231 cm³/mol. The molecule has 56 heavy (non-hydrogen) atoms. The Bertz CT molecular complexity index is 3010. The first-order valence-electron chi connectivity index (χ1n) is 18.7. The fraction of sp³-hybridized carbons (Fsp3) is 0.0408. The quantitative estimate of drug-likeness (QED) is 0.168. The van der Waals surface area contributed by atoms with E-state index in [1.807, 2.05) is 54.2 Å². The summed E-state index contributed by atoms with van der Waals surface area (Å²) in [6, 6.07) is 54.4. The molecule has 5 nitrogen and oxygen atoms in total. The zero-order valence-corrected chi connectivity index (χ0v) is 31.6. The van der Waals surface area contributed by atoms with Gasteiger partial charge in [-0.05, 0) is 34.4 Å². The molecule has 0 fully saturated rings. The Morgan fingerprint density at radius 1 is 0.482 bits per heavy atom. The Balaban J connectivity index is 1.01. The second kappa shape index (κ2) is 13.6. The highest BCUT2D eigenvalue weighted by atomic mass is 32.2. The molecule has 3 aromatic heterocycles. The van der Waals surface area contributed by atoms with Gasteiger partial charge in [-0.25, -0.2) is 24.9 Å². The summed E-state index contributed by atoms with van der Waals surface area (Å²) in [6.45, 7) is 0. The molecule has 0 saturated carbocycles. The molecule has 4 heterocycles. The first-order valence-corrected chi connectivity index (χ1v) is 20.4. The van der Waals surface area contributed by atoms with Crippen molar-refractivity contribution >= 4 is 49.0 Å². The zero-order chi connectivity index (χ0) is 37.0. The summed E-state index contributed by atoms with van der Waals surface area (Å²) in [6.07, 6.45) is 7.03. The number of rotatable bonds is 6. The monoisotopic (exact) mass is 753 g/mol. The summed E-state index contributed by atoms with van der Waals surface area (Å²) in [5.41, 5.74) is 10.6. The average molecular weight is 754 g/mol. The van der Waals surface area contributed by atoms with Crippen molar-refractivity contribution < 1.29 is 0 Å². The molecule has 6 aromatic carbocycles. The van der Waals surface area contributed by atoms with Crippen LogP contribution >= 0.6 is 23.1 Å². The Hall–Kier alpha value is -6.54. The lowest BCUT2D eigenvalue weighted by atomic mass is 9.88. The summed E-state index contributed by atoms with van der Waals surface area (Å²) in [4.78, 5) is 27.0. The van der Waals surface area contributed by atoms with Crippen molar-refractivity contribution in [3.8, 4) is 56.7 Å². The van der Waals surface area contributed by atoms with Crippen molar-refractivity contribution in [1.82, 2.24) is 24.9 Å². The molecule has 0 radical (unpaired) electrons. The smallest absolute Gasteiger partial charge is 0.165 e. The minimum Gasteiger partial charge on any atom is -0.226 e. The second-order valence-electron chi connectivity index (χ2n) is 14.0. The van der Waals surface area contributed by atoms with Gasteiger partial charge in [-0.1, -0.05) is 164 Å². The highest BCUT2D eigenvalue weighted by Crippen LogP contribution is 2.53. The Labute approximate surface area is 332 Å². The van der Waals surface area contributed by atoms with E-state index in [9.17, 15) is 0 Å². The van der Waals surface area contributed by atoms with Gasteiger partial charge in [0, 0.05) is 48.4 Å². The summed E-state index contributed by atoms with van der Waals surface area (Å²) >= 11 is 3.65. The van der Waals surface area contributed by atoms with Gasteiger partial charge in [0.05, 0.1) is 15.9 Å². The molecule has 1 aliphatic carbocycles. The minimum atomic E-state index is 0.183. The lowest BCUT2D eigenvalue weighted by Crippen LogP contribution is -2.10. The molecule has 9 aromatic rings. The van der Waals surface area contributed by atoms with Crippen LogP contribution in [0.5, 0.6) is 0 Å². The molecule has 2 atom stereocenters. The fourth-order valence-corrected chi connectivity index (χ4v) is 10.4. The van der Waals surface area contributed by atoms with Gasteiger partial charge in [0.1, 0.15) is 0 Å². The van der Waals surface area contributed by atoms with Crippen molar-refractivity contribution in [3.63, 3.8) is 0 Å². The molecule has 11 rings (SSSR count). The largest absolute Gasteiger partial charge is 0.226 e. The van der Waals surface area contributed by atoms with E-state index in [4.69, 9.17) is 24.9 Å². The highest BCUT2D eigenvalue weighted by molar-refractivity contribution is 8.00. The molecule has 264 valence electrons. The Kier molecular flexibility index (Phi) is 8.00. The molecule has 0 amide bonds. The zero-order valence-electron chi connectivity index (χ0n) is 30.0. The molecule has 0 spiro atoms. The number of aromatic nitrogens is 5. The van der Waals surface area contributed by atoms with Crippen molar-refractivity contribution in [2.45, 2.75) is 16.1 Å². The van der Waals surface area contributed by atoms with Gasteiger partial charge in [-0.15, -0.1) is 23.1 Å². The third-order valence-electron chi connectivity index (χ3n) is 10.5. The van der Waals surface area contributed by atoms with E-state index in [2.05, 4.69) is 133 Å². The van der Waals surface area contributed by atoms with Crippen LogP contribution < -0.4 is 0 Å². The summed E-state index contributed by atoms with van der Waals surface area (Å²) in [7, 11) is 0. The first kappa shape index (κ1) is 32.9. The molecular formula is C49H31N5S2. The lowest BCUT2D eigenvalue weighted by Gasteiger charge is -2.19. The first-order chi connectivity index (χ1) is 27.7. The summed E-state index contributed by atoms with van der Waals surface area (Å²) < 4.78 is 2.33. The van der Waals surface area contributed by atoms with Crippen molar-refractivity contribution in [2.24, 2.45) is 0 Å². The van der Waals surface area contributed by atoms with Crippen LogP contribution in [0.1, 0.15) is 17.2 Å². The number of benzene rings is 6. The van der Waals surface area contributed by atoms with Crippen LogP contribution in [0.3, 0.4) is 0 Å². The lowest BCUT2D eigenvalue weighted by molar-refractivity contribution is 0.882. The van der Waals surface area contributed by atoms with E-state index >= 15 is 0 Å². The Morgan fingerprint density at radius 2 is 1.09 bits per heavy atom.